The van der Waals surface area contributed by atoms with Gasteiger partial charge in [0.2, 0.25) is 0 Å². The van der Waals surface area contributed by atoms with Crippen LogP contribution in [0.25, 0.3) is 11.3 Å². The van der Waals surface area contributed by atoms with Crippen LogP contribution in [0.15, 0.2) is 15.3 Å². The number of amides is 1. The molecule has 142 valence electrons. The predicted molar refractivity (Wildman–Crippen MR) is 94.8 cm³/mol. The van der Waals surface area contributed by atoms with Crippen LogP contribution in [0.3, 0.4) is 0 Å². The summed E-state index contributed by atoms with van der Waals surface area (Å²) in [5, 5.41) is 16.3. The minimum Gasteiger partial charge on any atom is -0.356 e. The molecular formula is C18H22N6O3. The maximum absolute atomic E-state index is 13.1. The molecule has 1 amide bonds. The molecule has 0 aromatic carbocycles. The van der Waals surface area contributed by atoms with E-state index in [9.17, 15) is 4.79 Å². The van der Waals surface area contributed by atoms with Gasteiger partial charge in [-0.05, 0) is 45.2 Å². The second-order valence-electron chi connectivity index (χ2n) is 7.03. The number of hydrogen-bond acceptors (Lipinski definition) is 7. The highest BCUT2D eigenvalue weighted by Gasteiger charge is 2.35. The van der Waals surface area contributed by atoms with E-state index in [4.69, 9.17) is 9.15 Å². The number of aryl methyl sites for hydroxylation is 3. The van der Waals surface area contributed by atoms with Gasteiger partial charge < -0.3 is 9.42 Å². The first-order valence-corrected chi connectivity index (χ1v) is 9.04. The lowest BCUT2D eigenvalue weighted by atomic mass is 9.95. The Morgan fingerprint density at radius 1 is 1.15 bits per heavy atom. The number of likely N-dealkylation sites (tertiary alicyclic amines) is 1. The van der Waals surface area contributed by atoms with E-state index in [1.54, 1.807) is 11.6 Å². The van der Waals surface area contributed by atoms with Crippen molar-refractivity contribution in [2.24, 2.45) is 7.05 Å². The number of carbonyl (C=O) groups excluding carboxylic acids is 1. The number of hydrogen-bond donors (Lipinski definition) is 0. The van der Waals surface area contributed by atoms with Crippen LogP contribution < -0.4 is 0 Å². The summed E-state index contributed by atoms with van der Waals surface area (Å²) in [5.74, 6) is 0.522. The molecule has 27 heavy (non-hydrogen) atoms. The molecule has 3 aromatic heterocycles. The standard InChI is InChI=1S/C18H22N6O3/c1-10-11(2)20-26-17(10)13-9-23(4)19-16(13)14-7-5-6-8-24(14)18(25)15-12(3)21-27-22-15/h9,14H,5-8H2,1-4H3. The molecule has 0 saturated carbocycles. The average Bonchev–Trinajstić information content (AvgIpc) is 3.34. The zero-order chi connectivity index (χ0) is 19.1. The maximum Gasteiger partial charge on any atom is 0.278 e. The SMILES string of the molecule is Cc1nonc1C(=O)N1CCCCC1c1nn(C)cc1-c1onc(C)c1C. The smallest absolute Gasteiger partial charge is 0.278 e. The van der Waals surface area contributed by atoms with Crippen molar-refractivity contribution in [3.63, 3.8) is 0 Å². The van der Waals surface area contributed by atoms with Gasteiger partial charge in [0.1, 0.15) is 5.69 Å². The van der Waals surface area contributed by atoms with Crippen LogP contribution in [-0.4, -0.2) is 42.6 Å². The van der Waals surface area contributed by atoms with Crippen molar-refractivity contribution in [1.82, 2.24) is 30.2 Å². The summed E-state index contributed by atoms with van der Waals surface area (Å²) in [6.45, 7) is 6.25. The number of carbonyl (C=O) groups is 1. The van der Waals surface area contributed by atoms with Gasteiger partial charge in [0, 0.05) is 25.4 Å². The van der Waals surface area contributed by atoms with Crippen molar-refractivity contribution in [3.8, 4) is 11.3 Å². The van der Waals surface area contributed by atoms with Gasteiger partial charge in [0.05, 0.1) is 23.0 Å². The van der Waals surface area contributed by atoms with E-state index in [0.717, 1.165) is 41.8 Å². The lowest BCUT2D eigenvalue weighted by Gasteiger charge is -2.34. The minimum absolute atomic E-state index is 0.164. The molecule has 1 saturated heterocycles. The van der Waals surface area contributed by atoms with Crippen LogP contribution in [0, 0.1) is 20.8 Å². The summed E-state index contributed by atoms with van der Waals surface area (Å²) in [6.07, 6.45) is 4.71. The first-order valence-electron chi connectivity index (χ1n) is 9.04. The quantitative estimate of drug-likeness (QED) is 0.698. The van der Waals surface area contributed by atoms with Crippen molar-refractivity contribution >= 4 is 5.91 Å². The van der Waals surface area contributed by atoms with E-state index < -0.39 is 0 Å². The normalized spacial score (nSPS) is 17.5. The Balaban J connectivity index is 1.76. The summed E-state index contributed by atoms with van der Waals surface area (Å²) in [6, 6.07) is -0.164. The fourth-order valence-electron chi connectivity index (χ4n) is 3.61. The van der Waals surface area contributed by atoms with Crippen molar-refractivity contribution < 1.29 is 13.9 Å². The van der Waals surface area contributed by atoms with Crippen LogP contribution in [0.1, 0.15) is 58.4 Å². The van der Waals surface area contributed by atoms with Crippen molar-refractivity contribution in [2.75, 3.05) is 6.54 Å². The third kappa shape index (κ3) is 2.92. The molecule has 0 N–H and O–H groups in total. The Bertz CT molecular complexity index is 985. The predicted octanol–water partition coefficient (Wildman–Crippen LogP) is 2.75. The van der Waals surface area contributed by atoms with E-state index in [0.29, 0.717) is 18.0 Å². The molecular weight excluding hydrogens is 348 g/mol. The Morgan fingerprint density at radius 2 is 1.96 bits per heavy atom. The number of piperidine rings is 1. The third-order valence-electron chi connectivity index (χ3n) is 5.19. The number of rotatable bonds is 3. The van der Waals surface area contributed by atoms with Gasteiger partial charge >= 0.3 is 0 Å². The molecule has 1 fully saturated rings. The zero-order valence-electron chi connectivity index (χ0n) is 15.9. The molecule has 9 nitrogen and oxygen atoms in total. The first kappa shape index (κ1) is 17.4. The summed E-state index contributed by atoms with van der Waals surface area (Å²) < 4.78 is 12.0. The third-order valence-corrected chi connectivity index (χ3v) is 5.19. The summed E-state index contributed by atoms with van der Waals surface area (Å²) >= 11 is 0. The highest BCUT2D eigenvalue weighted by molar-refractivity contribution is 5.93. The van der Waals surface area contributed by atoms with Crippen LogP contribution in [-0.2, 0) is 7.05 Å². The molecule has 4 rings (SSSR count). The van der Waals surface area contributed by atoms with Crippen LogP contribution in [0.4, 0.5) is 0 Å². The van der Waals surface area contributed by atoms with Crippen LogP contribution in [0.5, 0.6) is 0 Å². The highest BCUT2D eigenvalue weighted by atomic mass is 16.6. The van der Waals surface area contributed by atoms with Gasteiger partial charge in [-0.2, -0.15) is 5.10 Å². The van der Waals surface area contributed by atoms with Crippen molar-refractivity contribution in [1.29, 1.82) is 0 Å². The topological polar surface area (TPSA) is 103 Å². The van der Waals surface area contributed by atoms with Crippen LogP contribution in [0.2, 0.25) is 0 Å². The fraction of sp³-hybridized carbons (Fsp3) is 0.500. The van der Waals surface area contributed by atoms with Gasteiger partial charge in [-0.3, -0.25) is 9.48 Å². The van der Waals surface area contributed by atoms with Gasteiger partial charge in [-0.15, -0.1) is 0 Å². The van der Waals surface area contributed by atoms with E-state index >= 15 is 0 Å². The second-order valence-corrected chi connectivity index (χ2v) is 7.03. The van der Waals surface area contributed by atoms with E-state index in [2.05, 4.69) is 20.6 Å². The summed E-state index contributed by atoms with van der Waals surface area (Å²) in [5.41, 5.74) is 4.27. The summed E-state index contributed by atoms with van der Waals surface area (Å²) in [7, 11) is 1.87. The van der Waals surface area contributed by atoms with Gasteiger partial charge in [0.25, 0.3) is 5.91 Å². The molecule has 1 unspecified atom stereocenters. The molecule has 9 heteroatoms. The summed E-state index contributed by atoms with van der Waals surface area (Å²) in [4.78, 5) is 14.9. The Hall–Kier alpha value is -2.97. The van der Waals surface area contributed by atoms with Crippen molar-refractivity contribution in [3.05, 3.63) is 34.5 Å². The largest absolute Gasteiger partial charge is 0.356 e. The van der Waals surface area contributed by atoms with E-state index in [-0.39, 0.29) is 17.6 Å². The maximum atomic E-state index is 13.1. The van der Waals surface area contributed by atoms with E-state index in [1.165, 1.54) is 0 Å². The molecule has 0 bridgehead atoms. The van der Waals surface area contributed by atoms with Gasteiger partial charge in [0.15, 0.2) is 11.5 Å². The Kier molecular flexibility index (Phi) is 4.29. The molecule has 4 heterocycles. The molecule has 3 aromatic rings. The lowest BCUT2D eigenvalue weighted by Crippen LogP contribution is -2.39. The number of aromatic nitrogens is 5. The lowest BCUT2D eigenvalue weighted by molar-refractivity contribution is 0.0594. The number of nitrogens with zero attached hydrogens (tertiary/aromatic N) is 6. The highest BCUT2D eigenvalue weighted by Crippen LogP contribution is 2.38. The van der Waals surface area contributed by atoms with Gasteiger partial charge in [-0.1, -0.05) is 10.3 Å². The molecule has 0 aliphatic carbocycles. The molecule has 1 aliphatic heterocycles. The van der Waals surface area contributed by atoms with Crippen LogP contribution >= 0.6 is 0 Å². The Morgan fingerprint density at radius 3 is 2.63 bits per heavy atom. The minimum atomic E-state index is -0.180. The van der Waals surface area contributed by atoms with E-state index in [1.807, 2.05) is 32.0 Å². The molecule has 0 radical (unpaired) electrons. The molecule has 1 aliphatic rings. The monoisotopic (exact) mass is 370 g/mol. The molecule has 0 spiro atoms. The average molecular weight is 370 g/mol. The van der Waals surface area contributed by atoms with Crippen molar-refractivity contribution in [2.45, 2.75) is 46.1 Å². The molecule has 1 atom stereocenters. The Labute approximate surface area is 156 Å². The zero-order valence-corrected chi connectivity index (χ0v) is 15.9. The fourth-order valence-corrected chi connectivity index (χ4v) is 3.61. The van der Waals surface area contributed by atoms with Gasteiger partial charge in [-0.25, -0.2) is 4.63 Å². The second kappa shape index (κ2) is 6.64. The first-order chi connectivity index (χ1) is 13.0.